The summed E-state index contributed by atoms with van der Waals surface area (Å²) in [7, 11) is 4.64. The van der Waals surface area contributed by atoms with Gasteiger partial charge in [0.1, 0.15) is 23.4 Å². The molecule has 2 amide bonds. The number of rotatable bonds is 10. The Labute approximate surface area is 245 Å². The highest BCUT2D eigenvalue weighted by molar-refractivity contribution is 6.01. The van der Waals surface area contributed by atoms with Crippen LogP contribution in [-0.2, 0) is 36.7 Å². The van der Waals surface area contributed by atoms with Crippen molar-refractivity contribution in [2.75, 3.05) is 63.2 Å². The predicted molar refractivity (Wildman–Crippen MR) is 154 cm³/mol. The van der Waals surface area contributed by atoms with E-state index in [1.165, 1.54) is 20.4 Å². The molecule has 0 aromatic carbocycles. The Bertz CT molecular complexity index is 1350. The Morgan fingerprint density at radius 1 is 1.19 bits per heavy atom. The zero-order valence-electron chi connectivity index (χ0n) is 24.4. The van der Waals surface area contributed by atoms with Crippen LogP contribution in [0.5, 0.6) is 0 Å². The van der Waals surface area contributed by atoms with Gasteiger partial charge in [-0.05, 0) is 49.8 Å². The number of nitrogens with one attached hydrogen (secondary N) is 2. The highest BCUT2D eigenvalue weighted by Crippen LogP contribution is 2.33. The van der Waals surface area contributed by atoms with E-state index in [0.29, 0.717) is 55.6 Å². The smallest absolute Gasteiger partial charge is 0.328 e. The molecule has 2 aliphatic heterocycles. The van der Waals surface area contributed by atoms with Crippen LogP contribution < -0.4 is 15.5 Å². The number of fused-ring (bicyclic) bond motifs is 1. The summed E-state index contributed by atoms with van der Waals surface area (Å²) in [5, 5.41) is 15.6. The van der Waals surface area contributed by atoms with E-state index in [1.807, 2.05) is 23.8 Å². The van der Waals surface area contributed by atoms with E-state index in [0.717, 1.165) is 36.8 Å². The molecule has 2 aliphatic rings. The molecule has 4 heterocycles. The molecular weight excluding hydrogens is 542 g/mol. The summed E-state index contributed by atoms with van der Waals surface area (Å²) in [6.45, 7) is 4.27. The van der Waals surface area contributed by atoms with Crippen LogP contribution in [0.3, 0.4) is 0 Å². The van der Waals surface area contributed by atoms with Crippen LogP contribution in [-0.4, -0.2) is 80.5 Å². The van der Waals surface area contributed by atoms with Crippen molar-refractivity contribution < 1.29 is 28.5 Å². The number of nitrogens with zero attached hydrogens (tertiary/aromatic N) is 5. The molecule has 2 N–H and O–H groups in total. The van der Waals surface area contributed by atoms with Crippen molar-refractivity contribution >= 4 is 29.3 Å². The average molecular weight is 580 g/mol. The quantitative estimate of drug-likeness (QED) is 0.315. The van der Waals surface area contributed by atoms with Crippen LogP contribution in [0.2, 0.25) is 0 Å². The van der Waals surface area contributed by atoms with E-state index in [1.54, 1.807) is 18.1 Å². The Balaban J connectivity index is 1.63. The van der Waals surface area contributed by atoms with Gasteiger partial charge in [0.05, 0.1) is 24.5 Å². The molecule has 1 saturated heterocycles. The number of hydrogen-bond acceptors (Lipinski definition) is 11. The number of pyridine rings is 2. The average Bonchev–Trinajstić information content (AvgIpc) is 3.22. The van der Waals surface area contributed by atoms with Crippen molar-refractivity contribution in [1.29, 1.82) is 5.26 Å². The molecule has 0 saturated carbocycles. The molecule has 1 fully saturated rings. The maximum atomic E-state index is 13.6. The molecule has 0 aliphatic carbocycles. The van der Waals surface area contributed by atoms with Crippen molar-refractivity contribution in [3.63, 3.8) is 0 Å². The van der Waals surface area contributed by atoms with Crippen molar-refractivity contribution in [3.05, 3.63) is 46.6 Å². The summed E-state index contributed by atoms with van der Waals surface area (Å²) in [5.41, 5.74) is 3.09. The number of carbonyl (C=O) groups excluding carboxylic acids is 2. The second-order valence-corrected chi connectivity index (χ2v) is 10.1. The molecular formula is C29H37N7O6. The summed E-state index contributed by atoms with van der Waals surface area (Å²) < 4.78 is 21.9. The lowest BCUT2D eigenvalue weighted by molar-refractivity contribution is -0.109. The molecule has 42 heavy (non-hydrogen) atoms. The van der Waals surface area contributed by atoms with Crippen LogP contribution in [0.1, 0.15) is 54.9 Å². The third-order valence-electron chi connectivity index (χ3n) is 7.05. The van der Waals surface area contributed by atoms with Crippen molar-refractivity contribution in [1.82, 2.24) is 14.9 Å². The second-order valence-electron chi connectivity index (χ2n) is 10.1. The van der Waals surface area contributed by atoms with Crippen molar-refractivity contribution in [2.45, 2.75) is 51.5 Å². The normalized spacial score (nSPS) is 15.7. The third-order valence-corrected chi connectivity index (χ3v) is 7.05. The Hall–Kier alpha value is -4.21. The van der Waals surface area contributed by atoms with Gasteiger partial charge in [-0.3, -0.25) is 10.2 Å². The summed E-state index contributed by atoms with van der Waals surface area (Å²) >= 11 is 0. The number of aromatic nitrogens is 2. The fraction of sp³-hybridized carbons (Fsp3) is 0.517. The van der Waals surface area contributed by atoms with Gasteiger partial charge >= 0.3 is 6.03 Å². The fourth-order valence-corrected chi connectivity index (χ4v) is 5.09. The second kappa shape index (κ2) is 14.6. The number of anilines is 3. The molecule has 1 unspecified atom stereocenters. The summed E-state index contributed by atoms with van der Waals surface area (Å²) in [4.78, 5) is 37.7. The van der Waals surface area contributed by atoms with Gasteiger partial charge in [-0.2, -0.15) is 5.26 Å². The molecule has 0 bridgehead atoms. The van der Waals surface area contributed by atoms with Gasteiger partial charge in [0.15, 0.2) is 5.94 Å². The topological polar surface area (TPSA) is 151 Å². The van der Waals surface area contributed by atoms with Crippen LogP contribution in [0.4, 0.5) is 22.1 Å². The summed E-state index contributed by atoms with van der Waals surface area (Å²) in [6.07, 6.45) is 3.79. The standard InChI is InChI=1S/C29H37N7O6/c1-19(18-39-2)32-23-13-24(31-15-22(23)14-30)33-29(38)36-10-7-8-20-12-21(26(34-27(20)36)28(40-3)41-4)16-35-9-5-6-11-42-25(35)17-37/h12-13,15,19,28H,5-11,16,18H2,1-4H3,(H2,31,32,33,38). The first-order chi connectivity index (χ1) is 20.4. The van der Waals surface area contributed by atoms with Gasteiger partial charge in [-0.15, -0.1) is 0 Å². The number of aryl methyl sites for hydroxylation is 1. The van der Waals surface area contributed by atoms with Crippen LogP contribution in [0.15, 0.2) is 24.2 Å². The molecule has 13 nitrogen and oxygen atoms in total. The van der Waals surface area contributed by atoms with E-state index in [-0.39, 0.29) is 17.7 Å². The number of nitriles is 1. The minimum absolute atomic E-state index is 0.0627. The monoisotopic (exact) mass is 579 g/mol. The van der Waals surface area contributed by atoms with Gasteiger partial charge in [-0.25, -0.2) is 19.6 Å². The van der Waals surface area contributed by atoms with E-state index >= 15 is 0 Å². The first-order valence-corrected chi connectivity index (χ1v) is 13.9. The fourth-order valence-electron chi connectivity index (χ4n) is 5.09. The molecule has 2 aromatic heterocycles. The number of ether oxygens (including phenoxy) is 4. The van der Waals surface area contributed by atoms with E-state index in [4.69, 9.17) is 23.9 Å². The number of carbonyl (C=O) groups is 1. The highest BCUT2D eigenvalue weighted by atomic mass is 16.7. The Kier molecular flexibility index (Phi) is 10.7. The molecule has 224 valence electrons. The highest BCUT2D eigenvalue weighted by Gasteiger charge is 2.30. The molecule has 0 spiro atoms. The zero-order valence-corrected chi connectivity index (χ0v) is 24.4. The van der Waals surface area contributed by atoms with Gasteiger partial charge in [0.2, 0.25) is 6.29 Å². The minimum Gasteiger partial charge on any atom is -0.471 e. The molecule has 4 rings (SSSR count). The van der Waals surface area contributed by atoms with E-state index in [9.17, 15) is 14.9 Å². The zero-order chi connectivity index (χ0) is 30.1. The maximum Gasteiger partial charge on any atom is 0.328 e. The predicted octanol–water partition coefficient (Wildman–Crippen LogP) is 3.36. The lowest BCUT2D eigenvalue weighted by atomic mass is 10.0. The van der Waals surface area contributed by atoms with Crippen LogP contribution in [0, 0.1) is 11.3 Å². The van der Waals surface area contributed by atoms with Crippen LogP contribution in [0.25, 0.3) is 0 Å². The van der Waals surface area contributed by atoms with Gasteiger partial charge in [0, 0.05) is 59.3 Å². The van der Waals surface area contributed by atoms with E-state index < -0.39 is 12.3 Å². The van der Waals surface area contributed by atoms with E-state index in [2.05, 4.69) is 21.7 Å². The molecule has 2 aromatic rings. The number of hydrogen-bond donors (Lipinski definition) is 2. The lowest BCUT2D eigenvalue weighted by Gasteiger charge is -2.31. The molecule has 1 atom stereocenters. The van der Waals surface area contributed by atoms with Crippen LogP contribution >= 0.6 is 0 Å². The Morgan fingerprint density at radius 2 is 2.00 bits per heavy atom. The van der Waals surface area contributed by atoms with Gasteiger partial charge in [0.25, 0.3) is 5.88 Å². The minimum atomic E-state index is -0.795. The maximum absolute atomic E-state index is 13.6. The largest absolute Gasteiger partial charge is 0.471 e. The number of urea groups is 1. The van der Waals surface area contributed by atoms with Crippen molar-refractivity contribution in [2.24, 2.45) is 0 Å². The molecule has 0 radical (unpaired) electrons. The SMILES string of the molecule is COCC(C)Nc1cc(NC(=O)N2CCCc3cc(CN4CCCCOC4=C=O)c(C(OC)OC)nc32)ncc1C#N. The summed E-state index contributed by atoms with van der Waals surface area (Å²) in [5.74, 6) is 2.87. The number of amides is 2. The number of methoxy groups -OCH3 is 3. The first kappa shape index (κ1) is 30.7. The molecule has 13 heteroatoms. The Morgan fingerprint density at radius 3 is 2.71 bits per heavy atom. The van der Waals surface area contributed by atoms with Gasteiger partial charge < -0.3 is 29.2 Å². The first-order valence-electron chi connectivity index (χ1n) is 13.9. The van der Waals surface area contributed by atoms with Gasteiger partial charge in [-0.1, -0.05) is 0 Å². The summed E-state index contributed by atoms with van der Waals surface area (Å²) in [6, 6.07) is 5.27. The van der Waals surface area contributed by atoms with Crippen molar-refractivity contribution in [3.8, 4) is 6.07 Å². The lowest BCUT2D eigenvalue weighted by Crippen LogP contribution is -2.40. The third kappa shape index (κ3) is 7.16.